The van der Waals surface area contributed by atoms with E-state index in [1.807, 2.05) is 13.0 Å². The van der Waals surface area contributed by atoms with E-state index < -0.39 is 0 Å². The number of aliphatic imine (C=N–C) groups is 1. The molecule has 20 heavy (non-hydrogen) atoms. The van der Waals surface area contributed by atoms with E-state index in [1.54, 1.807) is 24.6 Å². The number of nitrogens with zero attached hydrogens (tertiary/aromatic N) is 3. The molecule has 0 radical (unpaired) electrons. The zero-order valence-corrected chi connectivity index (χ0v) is 12.8. The largest absolute Gasteiger partial charge is 0.352 e. The molecule has 0 spiro atoms. The van der Waals surface area contributed by atoms with Gasteiger partial charge in [0, 0.05) is 23.0 Å². The molecule has 106 valence electrons. The van der Waals surface area contributed by atoms with Gasteiger partial charge in [-0.1, -0.05) is 0 Å². The maximum Gasteiger partial charge on any atom is 0.191 e. The Balaban J connectivity index is 1.84. The summed E-state index contributed by atoms with van der Waals surface area (Å²) >= 11 is 1.79. The van der Waals surface area contributed by atoms with Gasteiger partial charge in [0.2, 0.25) is 0 Å². The average molecular weight is 289 g/mol. The summed E-state index contributed by atoms with van der Waals surface area (Å²) in [7, 11) is 1.76. The van der Waals surface area contributed by atoms with Crippen molar-refractivity contribution in [2.24, 2.45) is 4.99 Å². The van der Waals surface area contributed by atoms with Crippen molar-refractivity contribution in [3.63, 3.8) is 0 Å². The van der Waals surface area contributed by atoms with Crippen LogP contribution in [0.25, 0.3) is 0 Å². The van der Waals surface area contributed by atoms with Crippen LogP contribution < -0.4 is 10.6 Å². The fourth-order valence-electron chi connectivity index (χ4n) is 1.75. The van der Waals surface area contributed by atoms with E-state index in [1.165, 1.54) is 9.75 Å². The number of hydrogen-bond donors (Lipinski definition) is 2. The smallest absolute Gasteiger partial charge is 0.191 e. The first-order valence-corrected chi connectivity index (χ1v) is 7.27. The van der Waals surface area contributed by atoms with E-state index in [2.05, 4.69) is 44.7 Å². The van der Waals surface area contributed by atoms with E-state index in [0.29, 0.717) is 6.54 Å². The molecule has 0 aliphatic carbocycles. The Morgan fingerprint density at radius 3 is 2.65 bits per heavy atom. The molecular formula is C14H19N5S. The van der Waals surface area contributed by atoms with Gasteiger partial charge in [-0.05, 0) is 32.0 Å². The third-order valence-electron chi connectivity index (χ3n) is 2.72. The molecule has 0 bridgehead atoms. The lowest BCUT2D eigenvalue weighted by Gasteiger charge is -2.10. The fourth-order valence-corrected chi connectivity index (χ4v) is 2.58. The molecule has 5 nitrogen and oxygen atoms in total. The van der Waals surface area contributed by atoms with Crippen LogP contribution in [-0.2, 0) is 13.1 Å². The summed E-state index contributed by atoms with van der Waals surface area (Å²) in [4.78, 5) is 15.2. The minimum Gasteiger partial charge on any atom is -0.352 e. The summed E-state index contributed by atoms with van der Waals surface area (Å²) in [6.45, 7) is 5.40. The van der Waals surface area contributed by atoms with Crippen LogP contribution in [0.2, 0.25) is 0 Å². The normalized spacial score (nSPS) is 11.4. The van der Waals surface area contributed by atoms with Crippen molar-refractivity contribution in [1.29, 1.82) is 0 Å². The number of nitrogens with one attached hydrogen (secondary N) is 2. The number of thiophene rings is 1. The summed E-state index contributed by atoms with van der Waals surface area (Å²) in [5, 5.41) is 6.53. The zero-order valence-electron chi connectivity index (χ0n) is 12.0. The van der Waals surface area contributed by atoms with E-state index in [-0.39, 0.29) is 0 Å². The molecule has 6 heteroatoms. The van der Waals surface area contributed by atoms with Crippen molar-refractivity contribution in [3.05, 3.63) is 45.7 Å². The monoisotopic (exact) mass is 289 g/mol. The van der Waals surface area contributed by atoms with Crippen LogP contribution >= 0.6 is 11.3 Å². The standard InChI is InChI=1S/C14H19N5S/c1-10-4-5-13(20-10)9-18-14(15-3)17-8-12-6-7-16-11(2)19-12/h4-7H,8-9H2,1-3H3,(H2,15,17,18). The Labute approximate surface area is 123 Å². The summed E-state index contributed by atoms with van der Waals surface area (Å²) in [6, 6.07) is 6.16. The van der Waals surface area contributed by atoms with Crippen molar-refractivity contribution in [1.82, 2.24) is 20.6 Å². The van der Waals surface area contributed by atoms with Crippen LogP contribution in [0.5, 0.6) is 0 Å². The minimum atomic E-state index is 0.631. The summed E-state index contributed by atoms with van der Waals surface area (Å²) in [5.74, 6) is 1.55. The predicted octanol–water partition coefficient (Wildman–Crippen LogP) is 2.02. The molecular weight excluding hydrogens is 270 g/mol. The number of guanidine groups is 1. The third kappa shape index (κ3) is 4.31. The van der Waals surface area contributed by atoms with Crippen molar-refractivity contribution in [2.45, 2.75) is 26.9 Å². The van der Waals surface area contributed by atoms with Crippen LogP contribution in [0.4, 0.5) is 0 Å². The lowest BCUT2D eigenvalue weighted by atomic mass is 10.4. The fraction of sp³-hybridized carbons (Fsp3) is 0.357. The van der Waals surface area contributed by atoms with Gasteiger partial charge >= 0.3 is 0 Å². The molecule has 2 aromatic rings. The Hall–Kier alpha value is -1.95. The van der Waals surface area contributed by atoms with Crippen LogP contribution in [-0.4, -0.2) is 23.0 Å². The van der Waals surface area contributed by atoms with Gasteiger partial charge in [-0.25, -0.2) is 9.97 Å². The molecule has 0 saturated carbocycles. The molecule has 0 aliphatic heterocycles. The molecule has 0 aliphatic rings. The molecule has 0 unspecified atom stereocenters. The Morgan fingerprint density at radius 2 is 2.00 bits per heavy atom. The van der Waals surface area contributed by atoms with E-state index in [4.69, 9.17) is 0 Å². The first-order chi connectivity index (χ1) is 9.67. The molecule has 0 fully saturated rings. The van der Waals surface area contributed by atoms with Crippen molar-refractivity contribution < 1.29 is 0 Å². The quantitative estimate of drug-likeness (QED) is 0.668. The molecule has 2 N–H and O–H groups in total. The zero-order chi connectivity index (χ0) is 14.4. The first-order valence-electron chi connectivity index (χ1n) is 6.45. The second-order valence-corrected chi connectivity index (χ2v) is 5.76. The van der Waals surface area contributed by atoms with Crippen molar-refractivity contribution >= 4 is 17.3 Å². The van der Waals surface area contributed by atoms with Crippen molar-refractivity contribution in [2.75, 3.05) is 7.05 Å². The van der Waals surface area contributed by atoms with Crippen LogP contribution in [0.3, 0.4) is 0 Å². The molecule has 2 aromatic heterocycles. The van der Waals surface area contributed by atoms with E-state index in [9.17, 15) is 0 Å². The SMILES string of the molecule is CN=C(NCc1ccnc(C)n1)NCc1ccc(C)s1. The second kappa shape index (κ2) is 7.00. The van der Waals surface area contributed by atoms with Crippen LogP contribution in [0, 0.1) is 13.8 Å². The number of aryl methyl sites for hydroxylation is 2. The van der Waals surface area contributed by atoms with Gasteiger partial charge < -0.3 is 10.6 Å². The van der Waals surface area contributed by atoms with Gasteiger partial charge in [-0.15, -0.1) is 11.3 Å². The van der Waals surface area contributed by atoms with Crippen LogP contribution in [0.1, 0.15) is 21.3 Å². The highest BCUT2D eigenvalue weighted by Crippen LogP contribution is 2.14. The van der Waals surface area contributed by atoms with Gasteiger partial charge in [0.1, 0.15) is 5.82 Å². The molecule has 2 heterocycles. The maximum absolute atomic E-state index is 4.35. The predicted molar refractivity (Wildman–Crippen MR) is 82.9 cm³/mol. The molecule has 0 amide bonds. The molecule has 0 atom stereocenters. The first kappa shape index (κ1) is 14.5. The second-order valence-electron chi connectivity index (χ2n) is 4.39. The number of rotatable bonds is 4. The highest BCUT2D eigenvalue weighted by Gasteiger charge is 2.01. The maximum atomic E-state index is 4.35. The Morgan fingerprint density at radius 1 is 1.20 bits per heavy atom. The summed E-state index contributed by atoms with van der Waals surface area (Å²) in [6.07, 6.45) is 1.77. The van der Waals surface area contributed by atoms with Gasteiger partial charge in [-0.3, -0.25) is 4.99 Å². The lowest BCUT2D eigenvalue weighted by molar-refractivity contribution is 0.790. The summed E-state index contributed by atoms with van der Waals surface area (Å²) < 4.78 is 0. The highest BCUT2D eigenvalue weighted by atomic mass is 32.1. The number of hydrogen-bond acceptors (Lipinski definition) is 4. The van der Waals surface area contributed by atoms with Gasteiger partial charge in [0.25, 0.3) is 0 Å². The van der Waals surface area contributed by atoms with Gasteiger partial charge in [0.15, 0.2) is 5.96 Å². The third-order valence-corrected chi connectivity index (χ3v) is 3.72. The van der Waals surface area contributed by atoms with Gasteiger partial charge in [0.05, 0.1) is 18.8 Å². The topological polar surface area (TPSA) is 62.2 Å². The van der Waals surface area contributed by atoms with E-state index >= 15 is 0 Å². The van der Waals surface area contributed by atoms with Crippen molar-refractivity contribution in [3.8, 4) is 0 Å². The minimum absolute atomic E-state index is 0.631. The van der Waals surface area contributed by atoms with Gasteiger partial charge in [-0.2, -0.15) is 0 Å². The summed E-state index contributed by atoms with van der Waals surface area (Å²) in [5.41, 5.74) is 0.951. The Bertz CT molecular complexity index is 591. The lowest BCUT2D eigenvalue weighted by Crippen LogP contribution is -2.36. The Kier molecular flexibility index (Phi) is 5.06. The number of aromatic nitrogens is 2. The van der Waals surface area contributed by atoms with E-state index in [0.717, 1.165) is 24.0 Å². The average Bonchev–Trinajstić information content (AvgIpc) is 2.85. The molecule has 0 saturated heterocycles. The highest BCUT2D eigenvalue weighted by molar-refractivity contribution is 7.11. The molecule has 2 rings (SSSR count). The molecule has 0 aromatic carbocycles. The van der Waals surface area contributed by atoms with Crippen LogP contribution in [0.15, 0.2) is 29.4 Å².